The number of pyridine rings is 1. The Bertz CT molecular complexity index is 1290. The lowest BCUT2D eigenvalue weighted by Gasteiger charge is -2.08. The third kappa shape index (κ3) is 3.87. The maximum atomic E-state index is 13.9. The molecule has 142 valence electrons. The largest absolute Gasteiger partial charge is 0.319 e. The van der Waals surface area contributed by atoms with Crippen molar-refractivity contribution in [3.8, 4) is 11.8 Å². The molecule has 0 bridgehead atoms. The fraction of sp³-hybridized carbons (Fsp3) is 0.0833. The van der Waals surface area contributed by atoms with Crippen LogP contribution in [0.3, 0.4) is 0 Å². The number of carbonyl (C=O) groups excluding carboxylic acids is 1. The molecule has 2 heterocycles. The first-order valence-corrected chi connectivity index (χ1v) is 9.13. The summed E-state index contributed by atoms with van der Waals surface area (Å²) < 4.78 is 15.9. The molecule has 0 saturated carbocycles. The lowest BCUT2D eigenvalue weighted by atomic mass is 10.0. The van der Waals surface area contributed by atoms with Crippen molar-refractivity contribution in [3.63, 3.8) is 0 Å². The molecule has 1 N–H and O–H groups in total. The number of aromatic nitrogens is 2. The summed E-state index contributed by atoms with van der Waals surface area (Å²) >= 11 is 0. The minimum absolute atomic E-state index is 0.161. The molecule has 0 atom stereocenters. The minimum Gasteiger partial charge on any atom is -0.319 e. The lowest BCUT2D eigenvalue weighted by Crippen LogP contribution is -2.13. The van der Waals surface area contributed by atoms with E-state index in [1.807, 2.05) is 48.7 Å². The number of anilines is 1. The van der Waals surface area contributed by atoms with Gasteiger partial charge in [0.25, 0.3) is 5.91 Å². The molecule has 4 rings (SSSR count). The molecular formula is C24H18FN3O. The summed E-state index contributed by atoms with van der Waals surface area (Å²) in [6.07, 6.45) is 3.62. The highest BCUT2D eigenvalue weighted by atomic mass is 19.1. The molecular weight excluding hydrogens is 365 g/mol. The number of hydrogen-bond acceptors (Lipinski definition) is 2. The number of imidazole rings is 1. The van der Waals surface area contributed by atoms with Crippen molar-refractivity contribution in [1.82, 2.24) is 9.38 Å². The molecule has 0 aliphatic carbocycles. The normalized spacial score (nSPS) is 10.4. The third-order valence-corrected chi connectivity index (χ3v) is 4.61. The summed E-state index contributed by atoms with van der Waals surface area (Å²) in [6, 6.07) is 15.6. The van der Waals surface area contributed by atoms with E-state index in [9.17, 15) is 9.18 Å². The van der Waals surface area contributed by atoms with E-state index in [1.165, 1.54) is 6.07 Å². The second kappa shape index (κ2) is 7.61. The first-order valence-electron chi connectivity index (χ1n) is 9.13. The van der Waals surface area contributed by atoms with Crippen LogP contribution in [0.5, 0.6) is 0 Å². The number of rotatable bonds is 2. The van der Waals surface area contributed by atoms with E-state index in [0.717, 1.165) is 28.0 Å². The first-order chi connectivity index (χ1) is 14.0. The zero-order chi connectivity index (χ0) is 20.4. The van der Waals surface area contributed by atoms with Gasteiger partial charge in [0.2, 0.25) is 0 Å². The van der Waals surface area contributed by atoms with Gasteiger partial charge in [0.15, 0.2) is 0 Å². The molecule has 4 nitrogen and oxygen atoms in total. The van der Waals surface area contributed by atoms with E-state index in [-0.39, 0.29) is 11.6 Å². The highest BCUT2D eigenvalue weighted by Gasteiger charge is 2.11. The van der Waals surface area contributed by atoms with Crippen LogP contribution in [0.25, 0.3) is 5.65 Å². The van der Waals surface area contributed by atoms with E-state index < -0.39 is 5.82 Å². The molecule has 5 heteroatoms. The Morgan fingerprint density at radius 1 is 1.07 bits per heavy atom. The van der Waals surface area contributed by atoms with Crippen LogP contribution >= 0.6 is 0 Å². The molecule has 2 aromatic heterocycles. The monoisotopic (exact) mass is 383 g/mol. The topological polar surface area (TPSA) is 46.4 Å². The van der Waals surface area contributed by atoms with Gasteiger partial charge in [-0.3, -0.25) is 9.20 Å². The molecule has 29 heavy (non-hydrogen) atoms. The number of nitrogens with zero attached hydrogens (tertiary/aromatic N) is 2. The number of carbonyl (C=O) groups is 1. The molecule has 0 aliphatic rings. The minimum atomic E-state index is -0.469. The van der Waals surface area contributed by atoms with Crippen LogP contribution in [0.2, 0.25) is 0 Å². The highest BCUT2D eigenvalue weighted by Crippen LogP contribution is 2.18. The number of aryl methyl sites for hydroxylation is 2. The van der Waals surface area contributed by atoms with Gasteiger partial charge in [0.05, 0.1) is 11.9 Å². The van der Waals surface area contributed by atoms with E-state index in [4.69, 9.17) is 0 Å². The van der Waals surface area contributed by atoms with Crippen molar-refractivity contribution < 1.29 is 9.18 Å². The highest BCUT2D eigenvalue weighted by molar-refractivity contribution is 6.04. The van der Waals surface area contributed by atoms with Gasteiger partial charge in [-0.15, -0.1) is 0 Å². The zero-order valence-corrected chi connectivity index (χ0v) is 16.0. The second-order valence-electron chi connectivity index (χ2n) is 6.79. The van der Waals surface area contributed by atoms with Crippen molar-refractivity contribution in [2.75, 3.05) is 5.32 Å². The Hall–Kier alpha value is -3.91. The average molecular weight is 383 g/mol. The van der Waals surface area contributed by atoms with E-state index >= 15 is 0 Å². The fourth-order valence-electron chi connectivity index (χ4n) is 2.98. The molecule has 0 unspecified atom stereocenters. The van der Waals surface area contributed by atoms with Crippen LogP contribution in [0, 0.1) is 31.5 Å². The van der Waals surface area contributed by atoms with Gasteiger partial charge < -0.3 is 5.32 Å². The van der Waals surface area contributed by atoms with Crippen molar-refractivity contribution in [3.05, 3.63) is 101 Å². The van der Waals surface area contributed by atoms with E-state index in [2.05, 4.69) is 22.1 Å². The summed E-state index contributed by atoms with van der Waals surface area (Å²) in [7, 11) is 0. The number of benzene rings is 2. The number of nitrogens with one attached hydrogen (secondary N) is 1. The van der Waals surface area contributed by atoms with Crippen LogP contribution in [0.1, 0.15) is 32.7 Å². The number of amides is 1. The van der Waals surface area contributed by atoms with Gasteiger partial charge in [-0.25, -0.2) is 9.37 Å². The predicted octanol–water partition coefficient (Wildman–Crippen LogP) is 4.74. The Kier molecular flexibility index (Phi) is 4.84. The van der Waals surface area contributed by atoms with Gasteiger partial charge in [-0.1, -0.05) is 24.1 Å². The predicted molar refractivity (Wildman–Crippen MR) is 111 cm³/mol. The van der Waals surface area contributed by atoms with Crippen molar-refractivity contribution in [2.24, 2.45) is 0 Å². The summed E-state index contributed by atoms with van der Waals surface area (Å²) in [5, 5.41) is 2.63. The summed E-state index contributed by atoms with van der Waals surface area (Å²) in [4.78, 5) is 16.9. The molecule has 0 fully saturated rings. The third-order valence-electron chi connectivity index (χ3n) is 4.61. The maximum Gasteiger partial charge on any atom is 0.255 e. The Labute approximate surface area is 168 Å². The molecule has 2 aromatic carbocycles. The van der Waals surface area contributed by atoms with Gasteiger partial charge in [-0.2, -0.15) is 0 Å². The smallest absolute Gasteiger partial charge is 0.255 e. The number of fused-ring (bicyclic) bond motifs is 1. The first kappa shape index (κ1) is 18.5. The zero-order valence-electron chi connectivity index (χ0n) is 16.0. The summed E-state index contributed by atoms with van der Waals surface area (Å²) in [5.41, 5.74) is 4.70. The number of halogens is 1. The molecule has 4 aromatic rings. The van der Waals surface area contributed by atoms with Crippen molar-refractivity contribution >= 4 is 17.2 Å². The molecule has 1 amide bonds. The van der Waals surface area contributed by atoms with Gasteiger partial charge in [0, 0.05) is 17.3 Å². The lowest BCUT2D eigenvalue weighted by molar-refractivity contribution is 0.102. The van der Waals surface area contributed by atoms with Gasteiger partial charge >= 0.3 is 0 Å². The van der Waals surface area contributed by atoms with Crippen molar-refractivity contribution in [1.29, 1.82) is 0 Å². The quantitative estimate of drug-likeness (QED) is 0.508. The molecule has 0 aliphatic heterocycles. The average Bonchev–Trinajstić information content (AvgIpc) is 3.13. The van der Waals surface area contributed by atoms with Crippen LogP contribution in [-0.4, -0.2) is 15.3 Å². The van der Waals surface area contributed by atoms with Crippen LogP contribution in [0.4, 0.5) is 10.1 Å². The van der Waals surface area contributed by atoms with Crippen LogP contribution in [0.15, 0.2) is 67.0 Å². The van der Waals surface area contributed by atoms with Gasteiger partial charge in [0.1, 0.15) is 17.2 Å². The second-order valence-corrected chi connectivity index (χ2v) is 6.79. The molecule has 0 radical (unpaired) electrons. The Morgan fingerprint density at radius 2 is 1.93 bits per heavy atom. The number of hydrogen-bond donors (Lipinski definition) is 1. The Balaban J connectivity index is 1.63. The summed E-state index contributed by atoms with van der Waals surface area (Å²) in [5.74, 6) is 5.39. The van der Waals surface area contributed by atoms with Gasteiger partial charge in [-0.05, 0) is 67.3 Å². The Morgan fingerprint density at radius 3 is 2.79 bits per heavy atom. The summed E-state index contributed by atoms with van der Waals surface area (Å²) in [6.45, 7) is 3.77. The van der Waals surface area contributed by atoms with Crippen molar-refractivity contribution in [2.45, 2.75) is 13.8 Å². The van der Waals surface area contributed by atoms with E-state index in [0.29, 0.717) is 5.56 Å². The fourth-order valence-corrected chi connectivity index (χ4v) is 2.98. The van der Waals surface area contributed by atoms with E-state index in [1.54, 1.807) is 30.5 Å². The standard InChI is InChI=1S/C24H18FN3O/c1-16-6-11-21(25)22(13-16)27-24(29)19-8-7-17(2)18(14-19)9-10-20-15-26-23-5-3-4-12-28(20)23/h3-8,11-15H,1-2H3,(H,27,29). The SMILES string of the molecule is Cc1ccc(F)c(NC(=O)c2ccc(C)c(C#Cc3cnc4ccccn34)c2)c1. The van der Waals surface area contributed by atoms with Crippen LogP contribution in [-0.2, 0) is 0 Å². The maximum absolute atomic E-state index is 13.9. The molecule has 0 spiro atoms. The molecule has 0 saturated heterocycles. The van der Waals surface area contributed by atoms with Crippen LogP contribution < -0.4 is 5.32 Å².